The molecule has 4 aliphatic rings. The number of aliphatic hydroxyl groups excluding tert-OH is 1. The van der Waals surface area contributed by atoms with Crippen LogP contribution >= 0.6 is 0 Å². The van der Waals surface area contributed by atoms with Crippen LogP contribution in [0.15, 0.2) is 23.8 Å². The second-order valence-electron chi connectivity index (χ2n) is 13.3. The molecule has 0 aromatic carbocycles. The Morgan fingerprint density at radius 2 is 1.85 bits per heavy atom. The van der Waals surface area contributed by atoms with Gasteiger partial charge in [0.05, 0.1) is 6.10 Å². The van der Waals surface area contributed by atoms with Crippen LogP contribution in [0, 0.1) is 34.0 Å². The number of carbonyl (C=O) groups excluding carboxylic acids is 3. The van der Waals surface area contributed by atoms with E-state index in [0.717, 1.165) is 6.08 Å². The Kier molecular flexibility index (Phi) is 7.10. The summed E-state index contributed by atoms with van der Waals surface area (Å²) in [7, 11) is 0. The topological polar surface area (TPSA) is 99.1 Å². The van der Waals surface area contributed by atoms with Gasteiger partial charge in [0, 0.05) is 22.7 Å². The molecule has 10 heteroatoms. The molecule has 0 bridgehead atoms. The number of hydrogen-bond acceptors (Lipinski definition) is 7. The number of ketones is 1. The van der Waals surface area contributed by atoms with Crippen LogP contribution in [0.5, 0.6) is 0 Å². The average molecular weight is 557 g/mol. The molecule has 39 heavy (non-hydrogen) atoms. The molecule has 0 spiro atoms. The molecule has 0 radical (unpaired) electrons. The predicted molar refractivity (Wildman–Crippen MR) is 134 cm³/mol. The number of carbonyl (C=O) groups is 3. The second kappa shape index (κ2) is 9.35. The maximum atomic E-state index is 17.4. The summed E-state index contributed by atoms with van der Waals surface area (Å²) in [5, 5.41) is 11.5. The summed E-state index contributed by atoms with van der Waals surface area (Å²) in [4.78, 5) is 38.6. The molecule has 218 valence electrons. The number of fused-ring (bicyclic) bond motifs is 5. The number of ether oxygens (including phenoxy) is 3. The number of aliphatic hydroxyl groups is 1. The van der Waals surface area contributed by atoms with E-state index >= 15 is 8.78 Å². The summed E-state index contributed by atoms with van der Waals surface area (Å²) < 4.78 is 62.5. The van der Waals surface area contributed by atoms with E-state index in [4.69, 9.17) is 14.2 Å². The first kappa shape index (κ1) is 29.6. The number of alkyl halides is 3. The lowest BCUT2D eigenvalue weighted by atomic mass is 9.44. The van der Waals surface area contributed by atoms with Crippen molar-refractivity contribution in [2.24, 2.45) is 34.0 Å². The zero-order valence-corrected chi connectivity index (χ0v) is 23.6. The summed E-state index contributed by atoms with van der Waals surface area (Å²) >= 11 is 0. The minimum atomic E-state index is -2.39. The highest BCUT2D eigenvalue weighted by Crippen LogP contribution is 2.71. The van der Waals surface area contributed by atoms with E-state index < -0.39 is 88.4 Å². The molecule has 0 amide bonds. The van der Waals surface area contributed by atoms with E-state index in [1.54, 1.807) is 20.8 Å². The van der Waals surface area contributed by atoms with Crippen molar-refractivity contribution in [1.29, 1.82) is 0 Å². The SMILES string of the molecule is CC(OC(=O)O[C@@]1(C(=O)OCF)[C@H](C)C[C@H]2[C@@H]3C[C@H](F)C4=CC(=O)C=C[C@]4(C)C3(F)[C@@H](O)C[C@@]21C)C(C)(C)C. The third-order valence-electron chi connectivity index (χ3n) is 10.4. The van der Waals surface area contributed by atoms with Gasteiger partial charge in [-0.25, -0.2) is 22.8 Å². The van der Waals surface area contributed by atoms with Crippen molar-refractivity contribution in [1.82, 2.24) is 0 Å². The number of allylic oxidation sites excluding steroid dienone is 4. The van der Waals surface area contributed by atoms with Crippen molar-refractivity contribution < 1.29 is 46.9 Å². The molecule has 0 saturated heterocycles. The number of halogens is 3. The van der Waals surface area contributed by atoms with Crippen LogP contribution < -0.4 is 0 Å². The fourth-order valence-corrected chi connectivity index (χ4v) is 7.85. The van der Waals surface area contributed by atoms with Crippen molar-refractivity contribution in [3.8, 4) is 0 Å². The van der Waals surface area contributed by atoms with Crippen LogP contribution in [-0.2, 0) is 23.8 Å². The van der Waals surface area contributed by atoms with Crippen molar-refractivity contribution >= 4 is 17.9 Å². The van der Waals surface area contributed by atoms with Crippen LogP contribution in [0.2, 0.25) is 0 Å². The summed E-state index contributed by atoms with van der Waals surface area (Å²) in [5.41, 5.74) is -8.05. The molecule has 4 aliphatic carbocycles. The molecule has 4 rings (SSSR count). The molecule has 2 unspecified atom stereocenters. The largest absolute Gasteiger partial charge is 0.509 e. The number of rotatable bonds is 4. The van der Waals surface area contributed by atoms with Gasteiger partial charge in [-0.15, -0.1) is 0 Å². The average Bonchev–Trinajstić information content (AvgIpc) is 3.04. The maximum absolute atomic E-state index is 17.4. The summed E-state index contributed by atoms with van der Waals surface area (Å²) in [5.74, 6) is -4.30. The Balaban J connectivity index is 1.81. The van der Waals surface area contributed by atoms with Gasteiger partial charge in [0.15, 0.2) is 11.5 Å². The highest BCUT2D eigenvalue weighted by Gasteiger charge is 2.79. The Morgan fingerprint density at radius 1 is 1.21 bits per heavy atom. The minimum Gasteiger partial charge on any atom is -0.431 e. The molecule has 10 atom stereocenters. The van der Waals surface area contributed by atoms with Crippen LogP contribution in [-0.4, -0.2) is 59.5 Å². The van der Waals surface area contributed by atoms with E-state index in [9.17, 15) is 23.9 Å². The molecule has 7 nitrogen and oxygen atoms in total. The fourth-order valence-electron chi connectivity index (χ4n) is 7.85. The predicted octanol–water partition coefficient (Wildman–Crippen LogP) is 5.35. The Labute approximate surface area is 227 Å². The zero-order chi connectivity index (χ0) is 29.3. The van der Waals surface area contributed by atoms with Crippen molar-refractivity contribution in [2.75, 3.05) is 6.86 Å². The zero-order valence-electron chi connectivity index (χ0n) is 23.6. The molecule has 3 fully saturated rings. The lowest BCUT2D eigenvalue weighted by Crippen LogP contribution is -2.71. The first-order valence-electron chi connectivity index (χ1n) is 13.5. The molecular formula is C29H39F3O7. The van der Waals surface area contributed by atoms with Gasteiger partial charge in [0.2, 0.25) is 12.5 Å². The smallest absolute Gasteiger partial charge is 0.431 e. The maximum Gasteiger partial charge on any atom is 0.509 e. The summed E-state index contributed by atoms with van der Waals surface area (Å²) in [6, 6.07) is 0. The van der Waals surface area contributed by atoms with Gasteiger partial charge in [0.1, 0.15) is 12.3 Å². The van der Waals surface area contributed by atoms with Gasteiger partial charge in [-0.1, -0.05) is 40.7 Å². The normalized spacial score (nSPS) is 43.9. The van der Waals surface area contributed by atoms with Gasteiger partial charge in [-0.3, -0.25) is 4.79 Å². The Morgan fingerprint density at radius 3 is 2.44 bits per heavy atom. The second-order valence-corrected chi connectivity index (χ2v) is 13.3. The van der Waals surface area contributed by atoms with Gasteiger partial charge in [-0.2, -0.15) is 0 Å². The molecule has 3 saturated carbocycles. The quantitative estimate of drug-likeness (QED) is 0.466. The molecule has 0 heterocycles. The van der Waals surface area contributed by atoms with E-state index in [0.29, 0.717) is 0 Å². The van der Waals surface area contributed by atoms with Crippen LogP contribution in [0.1, 0.15) is 67.7 Å². The minimum absolute atomic E-state index is 0.0263. The first-order valence-corrected chi connectivity index (χ1v) is 13.5. The molecular weight excluding hydrogens is 517 g/mol. The van der Waals surface area contributed by atoms with E-state index in [1.165, 1.54) is 19.1 Å². The van der Waals surface area contributed by atoms with Gasteiger partial charge >= 0.3 is 12.1 Å². The van der Waals surface area contributed by atoms with Crippen molar-refractivity contribution in [2.45, 2.75) is 97.4 Å². The third kappa shape index (κ3) is 3.98. The Hall–Kier alpha value is -2.36. The van der Waals surface area contributed by atoms with Crippen LogP contribution in [0.3, 0.4) is 0 Å². The lowest BCUT2D eigenvalue weighted by Gasteiger charge is -2.62. The summed E-state index contributed by atoms with van der Waals surface area (Å²) in [6.45, 7) is 10.4. The van der Waals surface area contributed by atoms with Crippen LogP contribution in [0.25, 0.3) is 0 Å². The molecule has 0 aromatic rings. The van der Waals surface area contributed by atoms with Gasteiger partial charge in [-0.05, 0) is 62.2 Å². The molecule has 0 aromatic heterocycles. The Bertz CT molecular complexity index is 1110. The lowest BCUT2D eigenvalue weighted by molar-refractivity contribution is -0.236. The highest BCUT2D eigenvalue weighted by atomic mass is 19.1. The molecule has 0 aliphatic heterocycles. The van der Waals surface area contributed by atoms with Crippen molar-refractivity contribution in [3.63, 3.8) is 0 Å². The highest BCUT2D eigenvalue weighted by molar-refractivity contribution is 6.01. The number of esters is 1. The standard InChI is InChI=1S/C29H39F3O7/c1-15-10-18-19-12-21(31)20-11-17(33)8-9-26(20,6)28(19,32)22(34)13-27(18,7)29(15,23(35)37-14-30)39-24(36)38-16(2)25(3,4)5/h8-9,11,15-16,18-19,21-22,34H,10,12-14H2,1-7H3/t15-,16?,18+,19+,21+,22+,26+,27+,28?,29-/m1/s1. The summed E-state index contributed by atoms with van der Waals surface area (Å²) in [6.07, 6.45) is -2.20. The van der Waals surface area contributed by atoms with E-state index in [1.807, 2.05) is 20.8 Å². The first-order chi connectivity index (χ1) is 17.9. The van der Waals surface area contributed by atoms with E-state index in [2.05, 4.69) is 0 Å². The van der Waals surface area contributed by atoms with E-state index in [-0.39, 0.29) is 24.8 Å². The number of hydrogen-bond donors (Lipinski definition) is 1. The third-order valence-corrected chi connectivity index (χ3v) is 10.4. The van der Waals surface area contributed by atoms with Gasteiger partial charge in [0.25, 0.3) is 0 Å². The fraction of sp³-hybridized carbons (Fsp3) is 0.759. The van der Waals surface area contributed by atoms with Crippen molar-refractivity contribution in [3.05, 3.63) is 23.8 Å². The monoisotopic (exact) mass is 556 g/mol. The van der Waals surface area contributed by atoms with Crippen LogP contribution in [0.4, 0.5) is 18.0 Å². The molecule has 1 N–H and O–H groups in total. The van der Waals surface area contributed by atoms with Gasteiger partial charge < -0.3 is 19.3 Å².